The van der Waals surface area contributed by atoms with Gasteiger partial charge in [0.2, 0.25) is 5.91 Å². The van der Waals surface area contributed by atoms with Crippen molar-refractivity contribution in [3.8, 4) is 0 Å². The summed E-state index contributed by atoms with van der Waals surface area (Å²) in [6.45, 7) is 2.82. The highest BCUT2D eigenvalue weighted by atomic mass is 79.9. The highest BCUT2D eigenvalue weighted by Gasteiger charge is 2.28. The predicted molar refractivity (Wildman–Crippen MR) is 76.9 cm³/mol. The third-order valence-corrected chi connectivity index (χ3v) is 4.03. The second-order valence-electron chi connectivity index (χ2n) is 4.73. The summed E-state index contributed by atoms with van der Waals surface area (Å²) in [6, 6.07) is 5.53. The van der Waals surface area contributed by atoms with E-state index < -0.39 is 0 Å². The monoisotopic (exact) mass is 324 g/mol. The van der Waals surface area contributed by atoms with E-state index in [2.05, 4.69) is 26.6 Å². The van der Waals surface area contributed by atoms with Gasteiger partial charge in [-0.1, -0.05) is 22.0 Å². The Balaban J connectivity index is 1.77. The fraction of sp³-hybridized carbons (Fsp3) is 0.429. The van der Waals surface area contributed by atoms with Crippen molar-refractivity contribution < 1.29 is 9.59 Å². The summed E-state index contributed by atoms with van der Waals surface area (Å²) in [6.07, 6.45) is 1.99. The van der Waals surface area contributed by atoms with E-state index in [0.717, 1.165) is 22.9 Å². The summed E-state index contributed by atoms with van der Waals surface area (Å²) in [5, 5.41) is 5.62. The summed E-state index contributed by atoms with van der Waals surface area (Å²) in [5.41, 5.74) is 1.57. The topological polar surface area (TPSA) is 58.2 Å². The van der Waals surface area contributed by atoms with E-state index in [0.29, 0.717) is 18.7 Å². The molecule has 0 heterocycles. The molecule has 4 nitrogen and oxygen atoms in total. The van der Waals surface area contributed by atoms with Crippen molar-refractivity contribution in [2.75, 3.05) is 13.1 Å². The van der Waals surface area contributed by atoms with Gasteiger partial charge in [0, 0.05) is 29.0 Å². The smallest absolute Gasteiger partial charge is 0.251 e. The van der Waals surface area contributed by atoms with Gasteiger partial charge in [-0.25, -0.2) is 0 Å². The molecule has 1 fully saturated rings. The lowest BCUT2D eigenvalue weighted by molar-refractivity contribution is -0.122. The Bertz CT molecular complexity index is 498. The van der Waals surface area contributed by atoms with Gasteiger partial charge in [-0.2, -0.15) is 0 Å². The largest absolute Gasteiger partial charge is 0.354 e. The number of hydrogen-bond acceptors (Lipinski definition) is 2. The molecule has 0 saturated heterocycles. The molecule has 1 aliphatic rings. The average Bonchev–Trinajstić information content (AvgIpc) is 3.21. The Morgan fingerprint density at radius 3 is 2.63 bits per heavy atom. The molecule has 0 atom stereocenters. The molecule has 0 unspecified atom stereocenters. The number of rotatable bonds is 5. The first-order valence-electron chi connectivity index (χ1n) is 6.40. The molecule has 0 radical (unpaired) electrons. The summed E-state index contributed by atoms with van der Waals surface area (Å²) < 4.78 is 0.919. The van der Waals surface area contributed by atoms with Gasteiger partial charge in [-0.3, -0.25) is 9.59 Å². The number of amides is 2. The molecule has 0 aliphatic heterocycles. The molecule has 2 rings (SSSR count). The zero-order valence-electron chi connectivity index (χ0n) is 10.8. The second kappa shape index (κ2) is 6.19. The number of carbonyl (C=O) groups is 2. The van der Waals surface area contributed by atoms with Gasteiger partial charge in [-0.05, 0) is 37.5 Å². The second-order valence-corrected chi connectivity index (χ2v) is 5.59. The number of hydrogen-bond donors (Lipinski definition) is 2. The van der Waals surface area contributed by atoms with Crippen molar-refractivity contribution in [1.82, 2.24) is 10.6 Å². The summed E-state index contributed by atoms with van der Waals surface area (Å²) in [7, 11) is 0. The van der Waals surface area contributed by atoms with E-state index in [-0.39, 0.29) is 17.7 Å². The van der Waals surface area contributed by atoms with Crippen molar-refractivity contribution in [2.24, 2.45) is 5.92 Å². The molecule has 102 valence electrons. The van der Waals surface area contributed by atoms with E-state index in [1.54, 1.807) is 6.07 Å². The molecule has 5 heteroatoms. The quantitative estimate of drug-likeness (QED) is 0.814. The molecule has 2 N–H and O–H groups in total. The van der Waals surface area contributed by atoms with Crippen LogP contribution in [-0.2, 0) is 4.79 Å². The molecule has 1 saturated carbocycles. The van der Waals surface area contributed by atoms with Gasteiger partial charge in [0.1, 0.15) is 0 Å². The van der Waals surface area contributed by atoms with E-state index in [4.69, 9.17) is 0 Å². The lowest BCUT2D eigenvalue weighted by Crippen LogP contribution is -2.35. The van der Waals surface area contributed by atoms with Crippen LogP contribution in [0.5, 0.6) is 0 Å². The fourth-order valence-corrected chi connectivity index (χ4v) is 2.17. The zero-order chi connectivity index (χ0) is 13.8. The Hall–Kier alpha value is -1.36. The van der Waals surface area contributed by atoms with Gasteiger partial charge in [0.15, 0.2) is 0 Å². The lowest BCUT2D eigenvalue weighted by atomic mass is 10.1. The van der Waals surface area contributed by atoms with Crippen LogP contribution in [0.3, 0.4) is 0 Å². The Labute approximate surface area is 121 Å². The summed E-state index contributed by atoms with van der Waals surface area (Å²) >= 11 is 3.40. The number of benzene rings is 1. The minimum atomic E-state index is -0.112. The number of carbonyl (C=O) groups excluding carboxylic acids is 2. The van der Waals surface area contributed by atoms with Crippen LogP contribution in [0.2, 0.25) is 0 Å². The van der Waals surface area contributed by atoms with Crippen LogP contribution in [0.1, 0.15) is 28.8 Å². The summed E-state index contributed by atoms with van der Waals surface area (Å²) in [4.78, 5) is 23.4. The van der Waals surface area contributed by atoms with Crippen LogP contribution in [-0.4, -0.2) is 24.9 Å². The Morgan fingerprint density at radius 1 is 1.26 bits per heavy atom. The molecule has 0 aromatic heterocycles. The molecule has 19 heavy (non-hydrogen) atoms. The normalized spacial score (nSPS) is 14.0. The van der Waals surface area contributed by atoms with Crippen LogP contribution in [0, 0.1) is 12.8 Å². The van der Waals surface area contributed by atoms with Gasteiger partial charge < -0.3 is 10.6 Å². The van der Waals surface area contributed by atoms with Gasteiger partial charge in [0.25, 0.3) is 5.91 Å². The van der Waals surface area contributed by atoms with Gasteiger partial charge in [-0.15, -0.1) is 0 Å². The minimum absolute atomic E-state index is 0.105. The van der Waals surface area contributed by atoms with Crippen LogP contribution < -0.4 is 10.6 Å². The zero-order valence-corrected chi connectivity index (χ0v) is 12.4. The predicted octanol–water partition coefficient (Wildman–Crippen LogP) is 2.01. The first-order chi connectivity index (χ1) is 9.09. The third-order valence-electron chi connectivity index (χ3n) is 3.17. The van der Waals surface area contributed by atoms with Gasteiger partial charge >= 0.3 is 0 Å². The van der Waals surface area contributed by atoms with E-state index in [1.807, 2.05) is 19.1 Å². The van der Waals surface area contributed by atoms with Crippen molar-refractivity contribution in [3.63, 3.8) is 0 Å². The standard InChI is InChI=1S/C14H17BrN2O2/c1-9-11(3-2-4-12(9)15)14(19)17-8-7-16-13(18)10-5-6-10/h2-4,10H,5-8H2,1H3,(H,16,18)(H,17,19). The maximum atomic E-state index is 12.0. The van der Waals surface area contributed by atoms with Crippen molar-refractivity contribution in [2.45, 2.75) is 19.8 Å². The highest BCUT2D eigenvalue weighted by Crippen LogP contribution is 2.28. The molecular weight excluding hydrogens is 308 g/mol. The molecule has 1 aromatic rings. The molecule has 2 amide bonds. The third kappa shape index (κ3) is 3.80. The van der Waals surface area contributed by atoms with Crippen molar-refractivity contribution in [3.05, 3.63) is 33.8 Å². The Morgan fingerprint density at radius 2 is 1.95 bits per heavy atom. The number of halogens is 1. The van der Waals surface area contributed by atoms with Crippen LogP contribution in [0.4, 0.5) is 0 Å². The fourth-order valence-electron chi connectivity index (χ4n) is 1.80. The highest BCUT2D eigenvalue weighted by molar-refractivity contribution is 9.10. The maximum Gasteiger partial charge on any atom is 0.251 e. The van der Waals surface area contributed by atoms with E-state index >= 15 is 0 Å². The summed E-state index contributed by atoms with van der Waals surface area (Å²) in [5.74, 6) is 0.204. The first kappa shape index (κ1) is 14.1. The lowest BCUT2D eigenvalue weighted by Gasteiger charge is -2.09. The Kier molecular flexibility index (Phi) is 4.58. The van der Waals surface area contributed by atoms with Crippen LogP contribution in [0.15, 0.2) is 22.7 Å². The maximum absolute atomic E-state index is 12.0. The van der Waals surface area contributed by atoms with Crippen LogP contribution in [0.25, 0.3) is 0 Å². The average molecular weight is 325 g/mol. The molecule has 1 aliphatic carbocycles. The first-order valence-corrected chi connectivity index (χ1v) is 7.20. The van der Waals surface area contributed by atoms with E-state index in [1.165, 1.54) is 0 Å². The molecule has 1 aromatic carbocycles. The minimum Gasteiger partial charge on any atom is -0.354 e. The molecule has 0 spiro atoms. The van der Waals surface area contributed by atoms with Crippen molar-refractivity contribution in [1.29, 1.82) is 0 Å². The van der Waals surface area contributed by atoms with Crippen molar-refractivity contribution >= 4 is 27.7 Å². The van der Waals surface area contributed by atoms with E-state index in [9.17, 15) is 9.59 Å². The number of nitrogens with one attached hydrogen (secondary N) is 2. The molecular formula is C14H17BrN2O2. The van der Waals surface area contributed by atoms with Crippen LogP contribution >= 0.6 is 15.9 Å². The molecule has 0 bridgehead atoms. The van der Waals surface area contributed by atoms with Gasteiger partial charge in [0.05, 0.1) is 0 Å². The SMILES string of the molecule is Cc1c(Br)cccc1C(=O)NCCNC(=O)C1CC1.